The minimum absolute atomic E-state index is 0.0614. The van der Waals surface area contributed by atoms with Crippen molar-refractivity contribution in [1.29, 1.82) is 0 Å². The fraction of sp³-hybridized carbons (Fsp3) is 0.400. The lowest BCUT2D eigenvalue weighted by Gasteiger charge is -2.30. The molecule has 0 saturated carbocycles. The Hall–Kier alpha value is -1.55. The van der Waals surface area contributed by atoms with Gasteiger partial charge in [0.2, 0.25) is 15.0 Å². The molecule has 0 amide bonds. The molecule has 1 saturated heterocycles. The van der Waals surface area contributed by atoms with Crippen molar-refractivity contribution < 1.29 is 8.42 Å². The van der Waals surface area contributed by atoms with Crippen molar-refractivity contribution in [3.05, 3.63) is 46.2 Å². The van der Waals surface area contributed by atoms with Gasteiger partial charge >= 0.3 is 0 Å². The second kappa shape index (κ2) is 6.64. The normalized spacial score (nSPS) is 17.3. The van der Waals surface area contributed by atoms with Crippen molar-refractivity contribution in [2.75, 3.05) is 13.1 Å². The van der Waals surface area contributed by atoms with Crippen molar-refractivity contribution in [2.45, 2.75) is 24.5 Å². The van der Waals surface area contributed by atoms with Crippen LogP contribution < -0.4 is 0 Å². The number of sulfonamides is 1. The van der Waals surface area contributed by atoms with Crippen LogP contribution in [0.4, 0.5) is 0 Å². The van der Waals surface area contributed by atoms with Crippen molar-refractivity contribution in [1.82, 2.24) is 24.1 Å². The summed E-state index contributed by atoms with van der Waals surface area (Å²) in [5.41, 5.74) is 0.639. The van der Waals surface area contributed by atoms with Gasteiger partial charge in [0, 0.05) is 24.0 Å². The summed E-state index contributed by atoms with van der Waals surface area (Å²) in [4.78, 5) is 0.767. The van der Waals surface area contributed by atoms with Gasteiger partial charge in [0.15, 0.2) is 0 Å². The molecule has 0 N–H and O–H groups in total. The van der Waals surface area contributed by atoms with Crippen LogP contribution in [0.5, 0.6) is 0 Å². The molecule has 3 heterocycles. The lowest BCUT2D eigenvalue weighted by atomic mass is 9.99. The van der Waals surface area contributed by atoms with Crippen LogP contribution in [-0.2, 0) is 15.8 Å². The topological polar surface area (TPSA) is 80.5 Å². The fourth-order valence-corrected chi connectivity index (χ4v) is 5.89. The van der Waals surface area contributed by atoms with Crippen molar-refractivity contribution in [2.24, 2.45) is 0 Å². The van der Waals surface area contributed by atoms with E-state index >= 15 is 0 Å². The first-order chi connectivity index (χ1) is 12.0. The zero-order valence-electron chi connectivity index (χ0n) is 13.2. The van der Waals surface area contributed by atoms with Gasteiger partial charge in [0.1, 0.15) is 11.3 Å². The number of aromatic nitrogens is 4. The molecular weight excluding hydrogens is 382 g/mol. The molecule has 0 radical (unpaired) electrons. The van der Waals surface area contributed by atoms with Crippen LogP contribution >= 0.6 is 22.9 Å². The molecule has 1 aromatic carbocycles. The van der Waals surface area contributed by atoms with E-state index in [2.05, 4.69) is 15.3 Å². The first-order valence-corrected chi connectivity index (χ1v) is 10.7. The molecule has 1 fully saturated rings. The van der Waals surface area contributed by atoms with E-state index in [1.165, 1.54) is 11.3 Å². The molecule has 25 heavy (non-hydrogen) atoms. The number of benzene rings is 1. The number of piperidine rings is 1. The molecule has 4 rings (SSSR count). The Morgan fingerprint density at radius 3 is 2.72 bits per heavy atom. The van der Waals surface area contributed by atoms with Gasteiger partial charge in [0.25, 0.3) is 0 Å². The van der Waals surface area contributed by atoms with Crippen molar-refractivity contribution >= 4 is 37.9 Å². The van der Waals surface area contributed by atoms with Gasteiger partial charge < -0.3 is 0 Å². The Morgan fingerprint density at radius 1 is 1.24 bits per heavy atom. The summed E-state index contributed by atoms with van der Waals surface area (Å²) >= 11 is 7.61. The maximum Gasteiger partial charge on any atom is 0.234 e. The van der Waals surface area contributed by atoms with Crippen molar-refractivity contribution in [3.8, 4) is 0 Å². The summed E-state index contributed by atoms with van der Waals surface area (Å²) in [6.45, 7) is 0.995. The predicted molar refractivity (Wildman–Crippen MR) is 96.3 cm³/mol. The summed E-state index contributed by atoms with van der Waals surface area (Å²) in [5, 5.41) is 13.8. The van der Waals surface area contributed by atoms with Crippen LogP contribution in [0.2, 0.25) is 5.02 Å². The third kappa shape index (κ3) is 3.41. The Balaban J connectivity index is 1.44. The lowest BCUT2D eigenvalue weighted by Crippen LogP contribution is -2.38. The highest BCUT2D eigenvalue weighted by Crippen LogP contribution is 2.32. The van der Waals surface area contributed by atoms with E-state index in [9.17, 15) is 8.42 Å². The van der Waals surface area contributed by atoms with Crippen LogP contribution in [0.25, 0.3) is 4.96 Å². The summed E-state index contributed by atoms with van der Waals surface area (Å²) in [6.07, 6.45) is 3.09. The van der Waals surface area contributed by atoms with Crippen molar-refractivity contribution in [3.63, 3.8) is 0 Å². The zero-order chi connectivity index (χ0) is 17.4. The molecule has 10 heteroatoms. The van der Waals surface area contributed by atoms with E-state index in [1.54, 1.807) is 39.4 Å². The number of fused-ring (bicyclic) bond motifs is 1. The molecule has 3 aromatic rings. The molecule has 0 aliphatic carbocycles. The standard InChI is InChI=1S/C15H16ClN5O2S2/c16-13-4-2-1-3-12(13)9-25(22,23)20-7-5-11(6-8-20)14-19-21-10-17-18-15(21)24-14/h1-4,10-11H,5-9H2. The molecule has 0 spiro atoms. The van der Waals surface area contributed by atoms with Gasteiger partial charge in [-0.1, -0.05) is 41.1 Å². The molecule has 0 atom stereocenters. The average Bonchev–Trinajstić information content (AvgIpc) is 3.19. The van der Waals surface area contributed by atoms with E-state index in [1.807, 2.05) is 0 Å². The second-order valence-corrected chi connectivity index (χ2v) is 9.38. The summed E-state index contributed by atoms with van der Waals surface area (Å²) in [5.74, 6) is 0.201. The van der Waals surface area contributed by atoms with Gasteiger partial charge in [-0.2, -0.15) is 9.61 Å². The Bertz CT molecular complexity index is 964. The molecule has 7 nitrogen and oxygen atoms in total. The number of rotatable bonds is 4. The van der Waals surface area contributed by atoms with Crippen LogP contribution in [0.3, 0.4) is 0 Å². The highest BCUT2D eigenvalue weighted by Gasteiger charge is 2.30. The van der Waals surface area contributed by atoms with Crippen LogP contribution in [-0.4, -0.2) is 45.6 Å². The van der Waals surface area contributed by atoms with E-state index in [-0.39, 0.29) is 11.7 Å². The van der Waals surface area contributed by atoms with E-state index in [0.29, 0.717) is 23.7 Å². The molecule has 2 aromatic heterocycles. The van der Waals surface area contributed by atoms with Gasteiger partial charge in [-0.05, 0) is 24.5 Å². The highest BCUT2D eigenvalue weighted by atomic mass is 35.5. The highest BCUT2D eigenvalue weighted by molar-refractivity contribution is 7.88. The minimum atomic E-state index is -3.37. The maximum absolute atomic E-state index is 12.7. The number of hydrogen-bond acceptors (Lipinski definition) is 6. The molecular formula is C15H16ClN5O2S2. The Kier molecular flexibility index (Phi) is 4.48. The first-order valence-electron chi connectivity index (χ1n) is 7.91. The maximum atomic E-state index is 12.7. The quantitative estimate of drug-likeness (QED) is 0.675. The molecule has 1 aliphatic heterocycles. The smallest absolute Gasteiger partial charge is 0.212 e. The third-order valence-electron chi connectivity index (χ3n) is 4.39. The first kappa shape index (κ1) is 16.9. The van der Waals surface area contributed by atoms with Crippen LogP contribution in [0.15, 0.2) is 30.6 Å². The summed E-state index contributed by atoms with van der Waals surface area (Å²) < 4.78 is 28.6. The fourth-order valence-electron chi connectivity index (χ4n) is 3.02. The average molecular weight is 398 g/mol. The Labute approximate surface area is 154 Å². The predicted octanol–water partition coefficient (Wildman–Crippen LogP) is 2.55. The van der Waals surface area contributed by atoms with E-state index in [0.717, 1.165) is 22.8 Å². The SMILES string of the molecule is O=S(=O)(Cc1ccccc1Cl)N1CCC(c2nn3cnnc3s2)CC1. The Morgan fingerprint density at radius 2 is 2.00 bits per heavy atom. The zero-order valence-corrected chi connectivity index (χ0v) is 15.6. The van der Waals surface area contributed by atoms with Gasteiger partial charge in [-0.15, -0.1) is 10.2 Å². The largest absolute Gasteiger partial charge is 0.234 e. The number of hydrogen-bond donors (Lipinski definition) is 0. The minimum Gasteiger partial charge on any atom is -0.212 e. The van der Waals surface area contributed by atoms with Gasteiger partial charge in [-0.3, -0.25) is 0 Å². The molecule has 132 valence electrons. The van der Waals surface area contributed by atoms with Gasteiger partial charge in [-0.25, -0.2) is 12.7 Å². The summed E-state index contributed by atoms with van der Waals surface area (Å²) in [7, 11) is -3.37. The molecule has 0 unspecified atom stereocenters. The summed E-state index contributed by atoms with van der Waals surface area (Å²) in [6, 6.07) is 7.07. The number of nitrogens with zero attached hydrogens (tertiary/aromatic N) is 5. The third-order valence-corrected chi connectivity index (χ3v) is 7.67. The lowest BCUT2D eigenvalue weighted by molar-refractivity contribution is 0.318. The van der Waals surface area contributed by atoms with Crippen LogP contribution in [0, 0.1) is 0 Å². The number of halogens is 1. The monoisotopic (exact) mass is 397 g/mol. The second-order valence-electron chi connectivity index (χ2n) is 6.02. The molecule has 0 bridgehead atoms. The molecule has 1 aliphatic rings. The van der Waals surface area contributed by atoms with Crippen LogP contribution in [0.1, 0.15) is 29.3 Å². The van der Waals surface area contributed by atoms with E-state index in [4.69, 9.17) is 11.6 Å². The van der Waals surface area contributed by atoms with E-state index < -0.39 is 10.0 Å². The van der Waals surface area contributed by atoms with Gasteiger partial charge in [0.05, 0.1) is 5.75 Å².